The number of nitriles is 2. The maximum absolute atomic E-state index is 12.9. The first-order chi connectivity index (χ1) is 15.7. The minimum absolute atomic E-state index is 0.00213. The zero-order chi connectivity index (χ0) is 24.2. The van der Waals surface area contributed by atoms with E-state index in [-0.39, 0.29) is 36.4 Å². The third-order valence-corrected chi connectivity index (χ3v) is 8.32. The van der Waals surface area contributed by atoms with Gasteiger partial charge in [-0.2, -0.15) is 19.8 Å². The molecule has 0 unspecified atom stereocenters. The Labute approximate surface area is 196 Å². The van der Waals surface area contributed by atoms with Gasteiger partial charge in [-0.25, -0.2) is 8.42 Å². The maximum Gasteiger partial charge on any atom is 0.279 e. The van der Waals surface area contributed by atoms with E-state index in [1.165, 1.54) is 35.6 Å². The van der Waals surface area contributed by atoms with E-state index < -0.39 is 15.9 Å². The Morgan fingerprint density at radius 2 is 1.70 bits per heavy atom. The van der Waals surface area contributed by atoms with Crippen LogP contribution in [0.1, 0.15) is 34.3 Å². The highest BCUT2D eigenvalue weighted by molar-refractivity contribution is 7.89. The summed E-state index contributed by atoms with van der Waals surface area (Å²) in [4.78, 5) is 17.6. The second kappa shape index (κ2) is 10.1. The molecular formula is C23H23N5O3S2. The summed E-state index contributed by atoms with van der Waals surface area (Å²) in [6.45, 7) is 4.03. The summed E-state index contributed by atoms with van der Waals surface area (Å²) in [6, 6.07) is 13.5. The van der Waals surface area contributed by atoms with Crippen LogP contribution in [0.2, 0.25) is 0 Å². The number of benzene rings is 2. The van der Waals surface area contributed by atoms with Crippen LogP contribution in [0, 0.1) is 36.5 Å². The first-order valence-corrected chi connectivity index (χ1v) is 12.4. The Balaban J connectivity index is 1.91. The van der Waals surface area contributed by atoms with Gasteiger partial charge in [-0.05, 0) is 55.3 Å². The SMILES string of the molecule is Cc1cc(C)c2sc(=NC(=O)c3ccc(S(=O)(=O)N(CCC#N)CCC#N)cc3)n(C)c2c1. The summed E-state index contributed by atoms with van der Waals surface area (Å²) in [5.41, 5.74) is 3.51. The quantitative estimate of drug-likeness (QED) is 0.512. The molecule has 0 aliphatic carbocycles. The largest absolute Gasteiger partial charge is 0.319 e. The Morgan fingerprint density at radius 3 is 2.27 bits per heavy atom. The standard InChI is InChI=1S/C23H23N5O3S2/c1-16-14-17(2)21-20(15-16)27(3)23(32-21)26-22(29)18-6-8-19(9-7-18)33(30,31)28(12-4-10-24)13-5-11-25/h6-9,14-15H,4-5,12-13H2,1-3H3. The van der Waals surface area contributed by atoms with Gasteiger partial charge >= 0.3 is 0 Å². The van der Waals surface area contributed by atoms with Crippen molar-refractivity contribution >= 4 is 37.5 Å². The van der Waals surface area contributed by atoms with Gasteiger partial charge in [-0.15, -0.1) is 0 Å². The zero-order valence-corrected chi connectivity index (χ0v) is 20.2. The highest BCUT2D eigenvalue weighted by Crippen LogP contribution is 2.23. The molecule has 10 heteroatoms. The summed E-state index contributed by atoms with van der Waals surface area (Å²) in [6.07, 6.45) is 0.0383. The molecule has 2 aromatic carbocycles. The maximum atomic E-state index is 12.9. The molecule has 3 rings (SSSR count). The van der Waals surface area contributed by atoms with Gasteiger partial charge in [0.15, 0.2) is 4.80 Å². The van der Waals surface area contributed by atoms with E-state index in [1.807, 2.05) is 43.7 Å². The Morgan fingerprint density at radius 1 is 1.09 bits per heavy atom. The van der Waals surface area contributed by atoms with Gasteiger partial charge in [0.2, 0.25) is 10.0 Å². The Kier molecular flexibility index (Phi) is 7.44. The van der Waals surface area contributed by atoms with Crippen LogP contribution in [0.3, 0.4) is 0 Å². The fourth-order valence-electron chi connectivity index (χ4n) is 3.45. The number of carbonyl (C=O) groups excluding carboxylic acids is 1. The molecule has 170 valence electrons. The number of aromatic nitrogens is 1. The smallest absolute Gasteiger partial charge is 0.279 e. The van der Waals surface area contributed by atoms with Crippen LogP contribution < -0.4 is 4.80 Å². The molecule has 0 N–H and O–H groups in total. The summed E-state index contributed by atoms with van der Waals surface area (Å²) in [5.74, 6) is -0.471. The molecule has 0 radical (unpaired) electrons. The van der Waals surface area contributed by atoms with E-state index in [2.05, 4.69) is 11.1 Å². The van der Waals surface area contributed by atoms with Crippen molar-refractivity contribution in [2.24, 2.45) is 12.0 Å². The van der Waals surface area contributed by atoms with Crippen molar-refractivity contribution in [3.8, 4) is 12.1 Å². The zero-order valence-electron chi connectivity index (χ0n) is 18.6. The van der Waals surface area contributed by atoms with Crippen LogP contribution in [-0.2, 0) is 17.1 Å². The molecule has 1 aromatic heterocycles. The molecule has 0 aliphatic heterocycles. The van der Waals surface area contributed by atoms with Crippen molar-refractivity contribution in [1.82, 2.24) is 8.87 Å². The predicted molar refractivity (Wildman–Crippen MR) is 126 cm³/mol. The lowest BCUT2D eigenvalue weighted by Crippen LogP contribution is -2.32. The molecule has 0 saturated heterocycles. The van der Waals surface area contributed by atoms with E-state index >= 15 is 0 Å². The minimum atomic E-state index is -3.89. The second-order valence-electron chi connectivity index (χ2n) is 7.54. The molecule has 3 aromatic rings. The van der Waals surface area contributed by atoms with E-state index in [0.29, 0.717) is 4.80 Å². The number of aryl methyl sites for hydroxylation is 3. The predicted octanol–water partition coefficient (Wildman–Crippen LogP) is 3.42. The topological polar surface area (TPSA) is 119 Å². The second-order valence-corrected chi connectivity index (χ2v) is 10.5. The van der Waals surface area contributed by atoms with Gasteiger partial charge in [0, 0.05) is 38.5 Å². The monoisotopic (exact) mass is 481 g/mol. The van der Waals surface area contributed by atoms with E-state index in [0.717, 1.165) is 25.6 Å². The van der Waals surface area contributed by atoms with Crippen molar-refractivity contribution < 1.29 is 13.2 Å². The molecule has 0 atom stereocenters. The molecule has 0 saturated carbocycles. The highest BCUT2D eigenvalue weighted by atomic mass is 32.2. The molecule has 0 aliphatic rings. The van der Waals surface area contributed by atoms with Gasteiger partial charge in [-0.3, -0.25) is 4.79 Å². The first-order valence-electron chi connectivity index (χ1n) is 10.2. The fourth-order valence-corrected chi connectivity index (χ4v) is 5.95. The lowest BCUT2D eigenvalue weighted by molar-refractivity contribution is 0.0998. The molecule has 1 heterocycles. The fraction of sp³-hybridized carbons (Fsp3) is 0.304. The third kappa shape index (κ3) is 5.20. The number of fused-ring (bicyclic) bond motifs is 1. The summed E-state index contributed by atoms with van der Waals surface area (Å²) < 4.78 is 29.9. The highest BCUT2D eigenvalue weighted by Gasteiger charge is 2.24. The average molecular weight is 482 g/mol. The molecule has 8 nitrogen and oxygen atoms in total. The van der Waals surface area contributed by atoms with Crippen LogP contribution in [0.5, 0.6) is 0 Å². The Hall–Kier alpha value is -3.31. The summed E-state index contributed by atoms with van der Waals surface area (Å²) in [7, 11) is -2.03. The van der Waals surface area contributed by atoms with Crippen molar-refractivity contribution in [3.63, 3.8) is 0 Å². The molecule has 0 bridgehead atoms. The third-order valence-electron chi connectivity index (χ3n) is 5.12. The number of nitrogens with zero attached hydrogens (tertiary/aromatic N) is 5. The Bertz CT molecular complexity index is 1440. The van der Waals surface area contributed by atoms with Crippen molar-refractivity contribution in [2.75, 3.05) is 13.1 Å². The van der Waals surface area contributed by atoms with Gasteiger partial charge in [-0.1, -0.05) is 17.4 Å². The normalized spacial score (nSPS) is 12.1. The number of hydrogen-bond donors (Lipinski definition) is 0. The summed E-state index contributed by atoms with van der Waals surface area (Å²) >= 11 is 1.43. The number of hydrogen-bond acceptors (Lipinski definition) is 6. The lowest BCUT2D eigenvalue weighted by atomic mass is 10.1. The van der Waals surface area contributed by atoms with Gasteiger partial charge < -0.3 is 4.57 Å². The van der Waals surface area contributed by atoms with E-state index in [9.17, 15) is 13.2 Å². The number of rotatable bonds is 7. The molecule has 33 heavy (non-hydrogen) atoms. The summed E-state index contributed by atoms with van der Waals surface area (Å²) in [5, 5.41) is 17.6. The number of sulfonamides is 1. The van der Waals surface area contributed by atoms with Crippen molar-refractivity contribution in [3.05, 3.63) is 57.9 Å². The molecule has 0 fully saturated rings. The van der Waals surface area contributed by atoms with Crippen LogP contribution >= 0.6 is 11.3 Å². The number of thiazole rings is 1. The first kappa shape index (κ1) is 24.3. The van der Waals surface area contributed by atoms with Crippen molar-refractivity contribution in [2.45, 2.75) is 31.6 Å². The molecule has 1 amide bonds. The van der Waals surface area contributed by atoms with Crippen LogP contribution in [0.4, 0.5) is 0 Å². The van der Waals surface area contributed by atoms with Crippen molar-refractivity contribution in [1.29, 1.82) is 10.5 Å². The van der Waals surface area contributed by atoms with Gasteiger partial charge in [0.25, 0.3) is 5.91 Å². The lowest BCUT2D eigenvalue weighted by Gasteiger charge is -2.20. The molecule has 0 spiro atoms. The van der Waals surface area contributed by atoms with E-state index in [4.69, 9.17) is 10.5 Å². The molecular weight excluding hydrogens is 458 g/mol. The van der Waals surface area contributed by atoms with Crippen LogP contribution in [-0.4, -0.2) is 36.3 Å². The number of amides is 1. The van der Waals surface area contributed by atoms with Gasteiger partial charge in [0.1, 0.15) is 0 Å². The van der Waals surface area contributed by atoms with Gasteiger partial charge in [0.05, 0.1) is 27.3 Å². The van der Waals surface area contributed by atoms with E-state index in [1.54, 1.807) is 0 Å². The minimum Gasteiger partial charge on any atom is -0.319 e. The van der Waals surface area contributed by atoms with Crippen LogP contribution in [0.15, 0.2) is 46.3 Å². The van der Waals surface area contributed by atoms with Crippen LogP contribution in [0.25, 0.3) is 10.2 Å². The number of carbonyl (C=O) groups is 1. The average Bonchev–Trinajstić information content (AvgIpc) is 3.09.